The van der Waals surface area contributed by atoms with E-state index in [1.807, 2.05) is 24.3 Å². The van der Waals surface area contributed by atoms with E-state index in [2.05, 4.69) is 10.2 Å². The largest absolute Gasteiger partial charge is 0.416 e. The number of hydrogen-bond acceptors (Lipinski definition) is 6. The minimum Gasteiger partial charge on any atom is -0.378 e. The molecule has 2 aliphatic heterocycles. The van der Waals surface area contributed by atoms with E-state index in [4.69, 9.17) is 4.74 Å². The molecule has 11 heteroatoms. The van der Waals surface area contributed by atoms with Crippen molar-refractivity contribution < 1.29 is 27.6 Å². The van der Waals surface area contributed by atoms with Gasteiger partial charge in [-0.3, -0.25) is 14.9 Å². The van der Waals surface area contributed by atoms with Crippen LogP contribution in [0.15, 0.2) is 42.5 Å². The predicted octanol–water partition coefficient (Wildman–Crippen LogP) is 4.31. The van der Waals surface area contributed by atoms with Gasteiger partial charge in [-0.15, -0.1) is 0 Å². The second-order valence-electron chi connectivity index (χ2n) is 8.36. The summed E-state index contributed by atoms with van der Waals surface area (Å²) >= 11 is 0. The summed E-state index contributed by atoms with van der Waals surface area (Å²) in [7, 11) is 0. The maximum absolute atomic E-state index is 13.0. The number of anilines is 3. The number of benzene rings is 2. The fourth-order valence-electron chi connectivity index (χ4n) is 4.32. The number of nitro benzene ring substituents is 1. The van der Waals surface area contributed by atoms with Crippen LogP contribution >= 0.6 is 0 Å². The van der Waals surface area contributed by atoms with Crippen LogP contribution < -0.4 is 15.1 Å². The topological polar surface area (TPSA) is 88.0 Å². The lowest BCUT2D eigenvalue weighted by molar-refractivity contribution is -0.384. The second-order valence-corrected chi connectivity index (χ2v) is 8.36. The first kappa shape index (κ1) is 23.8. The lowest BCUT2D eigenvalue weighted by Gasteiger charge is -2.32. The first-order valence-corrected chi connectivity index (χ1v) is 11.1. The van der Waals surface area contributed by atoms with Gasteiger partial charge in [-0.05, 0) is 49.2 Å². The molecule has 0 aromatic heterocycles. The van der Waals surface area contributed by atoms with E-state index in [9.17, 15) is 28.1 Å². The third-order valence-electron chi connectivity index (χ3n) is 6.22. The summed E-state index contributed by atoms with van der Waals surface area (Å²) in [5.41, 5.74) is 0.237. The lowest BCUT2D eigenvalue weighted by atomic mass is 9.95. The van der Waals surface area contributed by atoms with Gasteiger partial charge in [-0.25, -0.2) is 0 Å². The van der Waals surface area contributed by atoms with Gasteiger partial charge in [0.05, 0.1) is 23.7 Å². The average Bonchev–Trinajstić information content (AvgIpc) is 2.84. The Hall–Kier alpha value is -3.34. The molecule has 0 atom stereocenters. The summed E-state index contributed by atoms with van der Waals surface area (Å²) in [5.74, 6) is -0.427. The zero-order valence-corrected chi connectivity index (χ0v) is 18.4. The van der Waals surface area contributed by atoms with Crippen LogP contribution in [0, 0.1) is 16.0 Å². The van der Waals surface area contributed by atoms with E-state index in [-0.39, 0.29) is 17.5 Å². The molecule has 2 aromatic carbocycles. The molecule has 0 saturated carbocycles. The Labute approximate surface area is 194 Å². The maximum atomic E-state index is 13.0. The molecule has 0 radical (unpaired) electrons. The Morgan fingerprint density at radius 1 is 1.00 bits per heavy atom. The SMILES string of the molecule is O=C(Nc1ccc(N2CCOCC2)cc1)C1CCN(c2ccc(C(F)(F)F)cc2[N+](=O)[O-])CC1. The fraction of sp³-hybridized carbons (Fsp3) is 0.435. The van der Waals surface area contributed by atoms with Crippen LogP contribution in [0.3, 0.4) is 0 Å². The molecule has 182 valence electrons. The number of piperidine rings is 1. The number of nitrogens with zero attached hydrogens (tertiary/aromatic N) is 3. The molecular formula is C23H25F3N4O4. The molecule has 0 bridgehead atoms. The van der Waals surface area contributed by atoms with E-state index < -0.39 is 22.4 Å². The van der Waals surface area contributed by atoms with Gasteiger partial charge in [0.2, 0.25) is 5.91 Å². The first-order valence-electron chi connectivity index (χ1n) is 11.1. The molecule has 2 fully saturated rings. The minimum atomic E-state index is -4.66. The molecule has 2 heterocycles. The summed E-state index contributed by atoms with van der Waals surface area (Å²) in [5, 5.41) is 14.3. The highest BCUT2D eigenvalue weighted by molar-refractivity contribution is 5.93. The quantitative estimate of drug-likeness (QED) is 0.509. The molecule has 4 rings (SSSR count). The molecule has 8 nitrogen and oxygen atoms in total. The number of halogens is 3. The van der Waals surface area contributed by atoms with Crippen LogP contribution in [0.5, 0.6) is 0 Å². The standard InChI is InChI=1S/C23H25F3N4O4/c24-23(25,26)17-1-6-20(21(15-17)30(32)33)29-9-7-16(8-10-29)22(31)27-18-2-4-19(5-3-18)28-11-13-34-14-12-28/h1-6,15-16H,7-14H2,(H,27,31). The number of alkyl halides is 3. The number of amides is 1. The van der Waals surface area contributed by atoms with Crippen molar-refractivity contribution in [1.29, 1.82) is 0 Å². The molecule has 34 heavy (non-hydrogen) atoms. The van der Waals surface area contributed by atoms with Gasteiger partial charge in [0.15, 0.2) is 0 Å². The van der Waals surface area contributed by atoms with E-state index >= 15 is 0 Å². The molecule has 0 spiro atoms. The number of hydrogen-bond donors (Lipinski definition) is 1. The monoisotopic (exact) mass is 478 g/mol. The summed E-state index contributed by atoms with van der Waals surface area (Å²) in [4.78, 5) is 27.2. The highest BCUT2D eigenvalue weighted by Gasteiger charge is 2.35. The van der Waals surface area contributed by atoms with Crippen LogP contribution in [0.25, 0.3) is 0 Å². The van der Waals surface area contributed by atoms with Crippen molar-refractivity contribution in [3.05, 3.63) is 58.1 Å². The zero-order valence-electron chi connectivity index (χ0n) is 18.4. The van der Waals surface area contributed by atoms with Crippen LogP contribution in [-0.4, -0.2) is 50.2 Å². The third-order valence-corrected chi connectivity index (χ3v) is 6.22. The molecule has 1 N–H and O–H groups in total. The third kappa shape index (κ3) is 5.41. The number of carbonyl (C=O) groups is 1. The number of nitrogens with one attached hydrogen (secondary N) is 1. The van der Waals surface area contributed by atoms with E-state index in [0.717, 1.165) is 30.9 Å². The van der Waals surface area contributed by atoms with Crippen LogP contribution in [0.2, 0.25) is 0 Å². The zero-order chi connectivity index (χ0) is 24.3. The van der Waals surface area contributed by atoms with Crippen molar-refractivity contribution in [1.82, 2.24) is 0 Å². The van der Waals surface area contributed by atoms with Crippen molar-refractivity contribution in [2.24, 2.45) is 5.92 Å². The van der Waals surface area contributed by atoms with E-state index in [1.165, 1.54) is 0 Å². The molecule has 2 saturated heterocycles. The minimum absolute atomic E-state index is 0.135. The smallest absolute Gasteiger partial charge is 0.378 e. The van der Waals surface area contributed by atoms with Crippen molar-refractivity contribution in [2.75, 3.05) is 54.5 Å². The summed E-state index contributed by atoms with van der Waals surface area (Å²) in [6.07, 6.45) is -3.78. The van der Waals surface area contributed by atoms with Gasteiger partial charge in [0.25, 0.3) is 5.69 Å². The van der Waals surface area contributed by atoms with Crippen LogP contribution in [-0.2, 0) is 15.7 Å². The number of rotatable bonds is 5. The van der Waals surface area contributed by atoms with E-state index in [1.54, 1.807) is 4.90 Å². The lowest BCUT2D eigenvalue weighted by Crippen LogP contribution is -2.38. The van der Waals surface area contributed by atoms with Gasteiger partial charge in [-0.2, -0.15) is 13.2 Å². The van der Waals surface area contributed by atoms with E-state index in [0.29, 0.717) is 50.9 Å². The molecule has 2 aliphatic rings. The van der Waals surface area contributed by atoms with Gasteiger partial charge in [0, 0.05) is 49.5 Å². The summed E-state index contributed by atoms with van der Waals surface area (Å²) in [6, 6.07) is 10.2. The Morgan fingerprint density at radius 2 is 1.65 bits per heavy atom. The highest BCUT2D eigenvalue weighted by atomic mass is 19.4. The van der Waals surface area contributed by atoms with Crippen molar-refractivity contribution in [3.63, 3.8) is 0 Å². The normalized spacial score (nSPS) is 17.5. The maximum Gasteiger partial charge on any atom is 0.416 e. The van der Waals surface area contributed by atoms with Crippen molar-refractivity contribution >= 4 is 28.7 Å². The van der Waals surface area contributed by atoms with Gasteiger partial charge in [0.1, 0.15) is 5.69 Å². The van der Waals surface area contributed by atoms with Crippen molar-refractivity contribution in [2.45, 2.75) is 19.0 Å². The molecule has 0 aliphatic carbocycles. The predicted molar refractivity (Wildman–Crippen MR) is 121 cm³/mol. The molecule has 0 unspecified atom stereocenters. The Morgan fingerprint density at radius 3 is 2.24 bits per heavy atom. The first-order chi connectivity index (χ1) is 16.2. The van der Waals surface area contributed by atoms with Gasteiger partial charge >= 0.3 is 6.18 Å². The fourth-order valence-corrected chi connectivity index (χ4v) is 4.32. The number of nitro groups is 1. The average molecular weight is 478 g/mol. The van der Waals surface area contributed by atoms with Gasteiger partial charge in [-0.1, -0.05) is 0 Å². The second kappa shape index (κ2) is 9.88. The Balaban J connectivity index is 1.35. The van der Waals surface area contributed by atoms with Crippen LogP contribution in [0.4, 0.5) is 35.9 Å². The summed E-state index contributed by atoms with van der Waals surface area (Å²) < 4.78 is 44.2. The number of morpholine rings is 1. The molecule has 2 aromatic rings. The Kier molecular flexibility index (Phi) is 6.92. The molecule has 1 amide bonds. The summed E-state index contributed by atoms with van der Waals surface area (Å²) in [6.45, 7) is 3.68. The molecular weight excluding hydrogens is 453 g/mol. The van der Waals surface area contributed by atoms with Crippen molar-refractivity contribution in [3.8, 4) is 0 Å². The number of carbonyl (C=O) groups excluding carboxylic acids is 1. The van der Waals surface area contributed by atoms with Crippen LogP contribution in [0.1, 0.15) is 18.4 Å². The number of ether oxygens (including phenoxy) is 1. The Bertz CT molecular complexity index is 1030. The van der Waals surface area contributed by atoms with Gasteiger partial charge < -0.3 is 19.9 Å². The highest BCUT2D eigenvalue weighted by Crippen LogP contribution is 2.37.